The van der Waals surface area contributed by atoms with Gasteiger partial charge in [-0.15, -0.1) is 12.3 Å². The summed E-state index contributed by atoms with van der Waals surface area (Å²) >= 11 is 1.58. The minimum Gasteiger partial charge on any atom is -0.493 e. The van der Waals surface area contributed by atoms with Crippen molar-refractivity contribution in [3.8, 4) is 29.4 Å². The molecule has 0 radical (unpaired) electrons. The van der Waals surface area contributed by atoms with Gasteiger partial charge in [-0.2, -0.15) is 10.2 Å². The topological polar surface area (TPSA) is 83.6 Å². The smallest absolute Gasteiger partial charge is 0.251 e. The van der Waals surface area contributed by atoms with Crippen molar-refractivity contribution in [1.82, 2.24) is 19.6 Å². The Hall–Kier alpha value is -3.74. The average Bonchev–Trinajstić information content (AvgIpc) is 3.50. The third kappa shape index (κ3) is 5.88. The van der Waals surface area contributed by atoms with E-state index in [2.05, 4.69) is 30.8 Å². The predicted molar refractivity (Wildman–Crippen MR) is 159 cm³/mol. The van der Waals surface area contributed by atoms with Crippen molar-refractivity contribution in [3.05, 3.63) is 54.2 Å². The maximum absolute atomic E-state index is 12.8. The van der Waals surface area contributed by atoms with Gasteiger partial charge in [-0.05, 0) is 69.2 Å². The lowest BCUT2D eigenvalue weighted by atomic mass is 10.1. The summed E-state index contributed by atoms with van der Waals surface area (Å²) in [6, 6.07) is 13.8. The van der Waals surface area contributed by atoms with Crippen LogP contribution in [0, 0.1) is 12.3 Å². The molecule has 0 atom stereocenters. The number of imidazole rings is 1. The number of likely N-dealkylation sites (tertiary alicyclic amines) is 1. The SMILES string of the molecule is C#CCCC1(CCOc2ccccc2-c2cn3c(n2)sc2cc(C(=O)NCCCN4CCCCC4)ccc23)N=N1. The number of hydrogen-bond acceptors (Lipinski definition) is 7. The molecule has 206 valence electrons. The highest BCUT2D eigenvalue weighted by atomic mass is 32.1. The van der Waals surface area contributed by atoms with Crippen LogP contribution in [0.2, 0.25) is 0 Å². The number of rotatable bonds is 12. The highest BCUT2D eigenvalue weighted by molar-refractivity contribution is 7.23. The van der Waals surface area contributed by atoms with E-state index in [1.54, 1.807) is 11.3 Å². The Morgan fingerprint density at radius 3 is 2.80 bits per heavy atom. The maximum Gasteiger partial charge on any atom is 0.251 e. The molecule has 0 aliphatic carbocycles. The summed E-state index contributed by atoms with van der Waals surface area (Å²) in [5, 5.41) is 11.5. The van der Waals surface area contributed by atoms with Crippen LogP contribution in [0.5, 0.6) is 5.75 Å². The Morgan fingerprint density at radius 2 is 1.98 bits per heavy atom. The number of ether oxygens (including phenoxy) is 1. The summed E-state index contributed by atoms with van der Waals surface area (Å²) in [5.74, 6) is 3.42. The summed E-state index contributed by atoms with van der Waals surface area (Å²) in [6.45, 7) is 4.63. The third-order valence-corrected chi connectivity index (χ3v) is 8.73. The minimum atomic E-state index is -0.361. The van der Waals surface area contributed by atoms with Gasteiger partial charge in [0.15, 0.2) is 10.6 Å². The van der Waals surface area contributed by atoms with E-state index in [0.29, 0.717) is 31.6 Å². The van der Waals surface area contributed by atoms with Crippen LogP contribution in [0.25, 0.3) is 26.4 Å². The normalized spacial score (nSPS) is 16.3. The molecule has 4 aromatic rings. The Kier molecular flexibility index (Phi) is 7.80. The van der Waals surface area contributed by atoms with Gasteiger partial charge >= 0.3 is 0 Å². The first-order chi connectivity index (χ1) is 19.6. The van der Waals surface area contributed by atoms with Crippen LogP contribution >= 0.6 is 11.3 Å². The molecular weight excluding hydrogens is 520 g/mol. The van der Waals surface area contributed by atoms with Gasteiger partial charge in [0, 0.05) is 43.1 Å². The second-order valence-electron chi connectivity index (χ2n) is 10.6. The van der Waals surface area contributed by atoms with Crippen molar-refractivity contribution < 1.29 is 9.53 Å². The lowest BCUT2D eigenvalue weighted by Gasteiger charge is -2.26. The van der Waals surface area contributed by atoms with Gasteiger partial charge in [-0.25, -0.2) is 4.98 Å². The van der Waals surface area contributed by atoms with Crippen molar-refractivity contribution in [2.24, 2.45) is 10.2 Å². The van der Waals surface area contributed by atoms with Gasteiger partial charge in [0.05, 0.1) is 22.5 Å². The first kappa shape index (κ1) is 26.5. The van der Waals surface area contributed by atoms with E-state index in [-0.39, 0.29) is 11.6 Å². The predicted octanol–water partition coefficient (Wildman–Crippen LogP) is 6.17. The van der Waals surface area contributed by atoms with E-state index >= 15 is 0 Å². The van der Waals surface area contributed by atoms with Crippen LogP contribution in [0.15, 0.2) is 58.9 Å². The first-order valence-electron chi connectivity index (χ1n) is 14.2. The zero-order valence-corrected chi connectivity index (χ0v) is 23.5. The van der Waals surface area contributed by atoms with Crippen LogP contribution in [0.3, 0.4) is 0 Å². The van der Waals surface area contributed by atoms with Crippen molar-refractivity contribution in [2.75, 3.05) is 32.8 Å². The Bertz CT molecular complexity index is 1570. The molecule has 0 spiro atoms. The number of amides is 1. The zero-order valence-electron chi connectivity index (χ0n) is 22.6. The minimum absolute atomic E-state index is 0.0220. The Labute approximate surface area is 238 Å². The number of carbonyl (C=O) groups excluding carboxylic acids is 1. The molecule has 0 bridgehead atoms. The van der Waals surface area contributed by atoms with Crippen molar-refractivity contribution >= 4 is 32.4 Å². The molecule has 6 rings (SSSR count). The second kappa shape index (κ2) is 11.8. The number of carbonyl (C=O) groups is 1. The molecule has 8 nitrogen and oxygen atoms in total. The van der Waals surface area contributed by atoms with Crippen LogP contribution < -0.4 is 10.1 Å². The zero-order chi connectivity index (χ0) is 27.4. The molecule has 1 saturated heterocycles. The number of thiazole rings is 1. The Balaban J connectivity index is 1.10. The molecule has 1 amide bonds. The van der Waals surface area contributed by atoms with Crippen LogP contribution in [-0.2, 0) is 0 Å². The number of hydrogen-bond donors (Lipinski definition) is 1. The molecule has 9 heteroatoms. The average molecular weight is 555 g/mol. The number of aromatic nitrogens is 2. The molecule has 1 fully saturated rings. The number of benzene rings is 2. The quantitative estimate of drug-likeness (QED) is 0.168. The molecule has 0 saturated carbocycles. The fourth-order valence-corrected chi connectivity index (χ4v) is 6.41. The molecule has 40 heavy (non-hydrogen) atoms. The van der Waals surface area contributed by atoms with Crippen LogP contribution in [0.1, 0.15) is 55.3 Å². The fraction of sp³-hybridized carbons (Fsp3) is 0.419. The van der Waals surface area contributed by atoms with Crippen LogP contribution in [-0.4, -0.2) is 58.6 Å². The third-order valence-electron chi connectivity index (χ3n) is 7.72. The summed E-state index contributed by atoms with van der Waals surface area (Å²) in [5.41, 5.74) is 3.14. The number of terminal acetylenes is 1. The number of fused-ring (bicyclic) bond motifs is 3. The molecular formula is C31H34N6O2S. The first-order valence-corrected chi connectivity index (χ1v) is 15.0. The van der Waals surface area contributed by atoms with E-state index < -0.39 is 0 Å². The summed E-state index contributed by atoms with van der Waals surface area (Å²) < 4.78 is 9.28. The van der Waals surface area contributed by atoms with Crippen molar-refractivity contribution in [2.45, 2.75) is 50.6 Å². The standard InChI is InChI=1S/C31H34N6O2S/c1-2-3-14-31(34-35-31)15-20-39-27-11-6-5-10-24(27)25-22-37-26-13-12-23(21-28(26)40-30(37)33-25)29(38)32-16-9-19-36-17-7-4-8-18-36/h1,5-6,10-13,21-22H,3-4,7-9,14-20H2,(H,32,38). The number of nitrogens with zero attached hydrogens (tertiary/aromatic N) is 5. The number of para-hydroxylation sites is 1. The lowest BCUT2D eigenvalue weighted by Crippen LogP contribution is -2.33. The van der Waals surface area contributed by atoms with Gasteiger partial charge < -0.3 is 15.0 Å². The highest BCUT2D eigenvalue weighted by Crippen LogP contribution is 2.38. The maximum atomic E-state index is 12.8. The van der Waals surface area contributed by atoms with Crippen LogP contribution in [0.4, 0.5) is 0 Å². The molecule has 4 heterocycles. The van der Waals surface area contributed by atoms with Crippen molar-refractivity contribution in [1.29, 1.82) is 0 Å². The van der Waals surface area contributed by atoms with Gasteiger partial charge in [0.2, 0.25) is 0 Å². The van der Waals surface area contributed by atoms with Gasteiger partial charge in [-0.3, -0.25) is 9.20 Å². The Morgan fingerprint density at radius 1 is 1.12 bits per heavy atom. The summed E-state index contributed by atoms with van der Waals surface area (Å²) in [7, 11) is 0. The molecule has 1 N–H and O–H groups in total. The molecule has 2 aliphatic rings. The summed E-state index contributed by atoms with van der Waals surface area (Å²) in [6.07, 6.45) is 14.5. The highest BCUT2D eigenvalue weighted by Gasteiger charge is 2.39. The molecule has 2 aromatic carbocycles. The van der Waals surface area contributed by atoms with E-state index in [0.717, 1.165) is 51.6 Å². The number of piperidine rings is 1. The molecule has 0 unspecified atom stereocenters. The second-order valence-corrected chi connectivity index (χ2v) is 11.6. The monoisotopic (exact) mass is 554 g/mol. The van der Waals surface area contributed by atoms with E-state index in [4.69, 9.17) is 16.1 Å². The van der Waals surface area contributed by atoms with Crippen molar-refractivity contribution in [3.63, 3.8) is 0 Å². The van der Waals surface area contributed by atoms with Gasteiger partial charge in [-0.1, -0.05) is 29.9 Å². The molecule has 2 aliphatic heterocycles. The molecule has 2 aromatic heterocycles. The van der Waals surface area contributed by atoms with Gasteiger partial charge in [0.1, 0.15) is 5.75 Å². The van der Waals surface area contributed by atoms with E-state index in [1.807, 2.05) is 48.7 Å². The largest absolute Gasteiger partial charge is 0.493 e. The fourth-order valence-electron chi connectivity index (χ4n) is 5.36. The van der Waals surface area contributed by atoms with Gasteiger partial charge in [0.25, 0.3) is 5.91 Å². The van der Waals surface area contributed by atoms with E-state index in [1.165, 1.54) is 32.4 Å². The number of nitrogens with one attached hydrogen (secondary N) is 1. The summed E-state index contributed by atoms with van der Waals surface area (Å²) in [4.78, 5) is 21.1. The van der Waals surface area contributed by atoms with E-state index in [9.17, 15) is 4.79 Å². The lowest BCUT2D eigenvalue weighted by molar-refractivity contribution is 0.0951.